The van der Waals surface area contributed by atoms with Gasteiger partial charge in [-0.3, -0.25) is 0 Å². The second kappa shape index (κ2) is 7.90. The average molecular weight is 366 g/mol. The zero-order valence-corrected chi connectivity index (χ0v) is 15.8. The van der Waals surface area contributed by atoms with Crippen LogP contribution in [-0.2, 0) is 0 Å². The Labute approximate surface area is 158 Å². The molecule has 0 aliphatic carbocycles. The molecular formula is C20H22N4O3. The number of anilines is 1. The summed E-state index contributed by atoms with van der Waals surface area (Å²) in [7, 11) is 3.21. The Bertz CT molecular complexity index is 910. The van der Waals surface area contributed by atoms with Crippen LogP contribution >= 0.6 is 0 Å². The van der Waals surface area contributed by atoms with Crippen molar-refractivity contribution in [1.29, 1.82) is 0 Å². The number of nitrogens with zero attached hydrogens (tertiary/aromatic N) is 3. The molecule has 0 bridgehead atoms. The van der Waals surface area contributed by atoms with Gasteiger partial charge in [-0.15, -0.1) is 0 Å². The van der Waals surface area contributed by atoms with E-state index >= 15 is 0 Å². The van der Waals surface area contributed by atoms with Crippen molar-refractivity contribution in [2.24, 2.45) is 0 Å². The minimum absolute atomic E-state index is 0.0977. The second-order valence-corrected chi connectivity index (χ2v) is 6.26. The molecular weight excluding hydrogens is 344 g/mol. The molecule has 2 aromatic carbocycles. The largest absolute Gasteiger partial charge is 0.594 e. The monoisotopic (exact) mass is 366 g/mol. The summed E-state index contributed by atoms with van der Waals surface area (Å²) in [5, 5.41) is 19.9. The standard InChI is InChI=1S/C20H22N4O3/c1-13(2)21-20-22-18(14-5-9-16(26-3)10-6-14)19(24(25)23-20)15-7-11-17(27-4)12-8-15/h5-13H,1-4H3,(H,21,22,23). The third-order valence-electron chi connectivity index (χ3n) is 3.96. The smallest absolute Gasteiger partial charge is 0.290 e. The van der Waals surface area contributed by atoms with Crippen LogP contribution in [0.1, 0.15) is 13.8 Å². The molecule has 1 N–H and O–H groups in total. The predicted molar refractivity (Wildman–Crippen MR) is 104 cm³/mol. The van der Waals surface area contributed by atoms with Crippen LogP contribution in [-0.4, -0.2) is 30.3 Å². The molecule has 3 rings (SSSR count). The van der Waals surface area contributed by atoms with E-state index in [0.717, 1.165) is 11.3 Å². The molecule has 0 saturated carbocycles. The molecule has 0 saturated heterocycles. The number of benzene rings is 2. The molecule has 27 heavy (non-hydrogen) atoms. The van der Waals surface area contributed by atoms with E-state index in [0.29, 0.717) is 27.5 Å². The SMILES string of the molecule is COc1ccc(-c2nc(NC(C)C)n[n+]([O-])c2-c2ccc(OC)cc2)cc1. The number of ether oxygens (including phenoxy) is 2. The van der Waals surface area contributed by atoms with E-state index in [4.69, 9.17) is 9.47 Å². The molecule has 1 heterocycles. The summed E-state index contributed by atoms with van der Waals surface area (Å²) in [5.41, 5.74) is 2.40. The summed E-state index contributed by atoms with van der Waals surface area (Å²) in [6.45, 7) is 3.92. The lowest BCUT2D eigenvalue weighted by Crippen LogP contribution is -2.36. The molecule has 0 unspecified atom stereocenters. The second-order valence-electron chi connectivity index (χ2n) is 6.26. The number of nitrogens with one attached hydrogen (secondary N) is 1. The molecule has 0 fully saturated rings. The van der Waals surface area contributed by atoms with Crippen molar-refractivity contribution in [2.45, 2.75) is 19.9 Å². The maximum atomic E-state index is 12.8. The predicted octanol–water partition coefficient (Wildman–Crippen LogP) is 3.28. The highest BCUT2D eigenvalue weighted by molar-refractivity contribution is 5.76. The molecule has 0 aliphatic rings. The van der Waals surface area contributed by atoms with Gasteiger partial charge in [0.2, 0.25) is 0 Å². The summed E-state index contributed by atoms with van der Waals surface area (Å²) < 4.78 is 10.4. The fourth-order valence-electron chi connectivity index (χ4n) is 2.67. The molecule has 0 amide bonds. The summed E-state index contributed by atoms with van der Waals surface area (Å²) in [4.78, 5) is 5.21. The molecule has 0 aliphatic heterocycles. The van der Waals surface area contributed by atoms with Gasteiger partial charge in [-0.1, -0.05) is 0 Å². The van der Waals surface area contributed by atoms with Crippen molar-refractivity contribution < 1.29 is 14.3 Å². The Morgan fingerprint density at radius 3 is 1.89 bits per heavy atom. The van der Waals surface area contributed by atoms with Gasteiger partial charge in [0.1, 0.15) is 11.5 Å². The fraction of sp³-hybridized carbons (Fsp3) is 0.250. The van der Waals surface area contributed by atoms with E-state index < -0.39 is 0 Å². The normalized spacial score (nSPS) is 10.7. The van der Waals surface area contributed by atoms with Gasteiger partial charge in [0.15, 0.2) is 5.69 Å². The van der Waals surface area contributed by atoms with E-state index in [9.17, 15) is 5.21 Å². The minimum atomic E-state index is 0.0977. The first-order valence-corrected chi connectivity index (χ1v) is 8.59. The lowest BCUT2D eigenvalue weighted by atomic mass is 10.0. The highest BCUT2D eigenvalue weighted by atomic mass is 16.5. The summed E-state index contributed by atoms with van der Waals surface area (Å²) in [5.74, 6) is 1.72. The van der Waals surface area contributed by atoms with Gasteiger partial charge < -0.3 is 20.0 Å². The lowest BCUT2D eigenvalue weighted by molar-refractivity contribution is -0.656. The molecule has 0 spiro atoms. The van der Waals surface area contributed by atoms with Crippen molar-refractivity contribution in [2.75, 3.05) is 19.5 Å². The average Bonchev–Trinajstić information content (AvgIpc) is 2.67. The van der Waals surface area contributed by atoms with Crippen LogP contribution in [0.15, 0.2) is 48.5 Å². The van der Waals surface area contributed by atoms with Crippen molar-refractivity contribution in [1.82, 2.24) is 10.1 Å². The quantitative estimate of drug-likeness (QED) is 0.532. The molecule has 1 aromatic heterocycles. The number of methoxy groups -OCH3 is 2. The Balaban J connectivity index is 2.17. The molecule has 3 aromatic rings. The first-order valence-electron chi connectivity index (χ1n) is 8.59. The number of rotatable bonds is 6. The topological polar surface area (TPSA) is 83.2 Å². The maximum Gasteiger partial charge on any atom is 0.290 e. The Hall–Kier alpha value is -3.35. The molecule has 0 atom stereocenters. The fourth-order valence-corrected chi connectivity index (χ4v) is 2.67. The van der Waals surface area contributed by atoms with Gasteiger partial charge in [-0.05, 0) is 67.2 Å². The third kappa shape index (κ3) is 4.08. The highest BCUT2D eigenvalue weighted by Crippen LogP contribution is 2.30. The van der Waals surface area contributed by atoms with Crippen LogP contribution in [0.25, 0.3) is 22.5 Å². The number of aromatic nitrogens is 3. The zero-order valence-electron chi connectivity index (χ0n) is 15.8. The van der Waals surface area contributed by atoms with Crippen LogP contribution in [0.3, 0.4) is 0 Å². The van der Waals surface area contributed by atoms with Crippen LogP contribution < -0.4 is 19.6 Å². The van der Waals surface area contributed by atoms with E-state index in [-0.39, 0.29) is 12.0 Å². The molecule has 0 radical (unpaired) electrons. The Kier molecular flexibility index (Phi) is 5.40. The maximum absolute atomic E-state index is 12.8. The van der Waals surface area contributed by atoms with E-state index in [1.54, 1.807) is 26.4 Å². The van der Waals surface area contributed by atoms with Crippen molar-refractivity contribution in [3.05, 3.63) is 53.7 Å². The van der Waals surface area contributed by atoms with Crippen molar-refractivity contribution in [3.63, 3.8) is 0 Å². The van der Waals surface area contributed by atoms with Gasteiger partial charge in [0.25, 0.3) is 11.6 Å². The van der Waals surface area contributed by atoms with Gasteiger partial charge in [-0.2, -0.15) is 0 Å². The van der Waals surface area contributed by atoms with Crippen molar-refractivity contribution in [3.8, 4) is 34.0 Å². The Morgan fingerprint density at radius 1 is 0.889 bits per heavy atom. The molecule has 7 heteroatoms. The molecule has 140 valence electrons. The lowest BCUT2D eigenvalue weighted by Gasteiger charge is -2.12. The van der Waals surface area contributed by atoms with E-state index in [1.807, 2.05) is 50.2 Å². The Morgan fingerprint density at radius 2 is 1.41 bits per heavy atom. The zero-order chi connectivity index (χ0) is 19.4. The van der Waals surface area contributed by atoms with E-state index in [1.165, 1.54) is 0 Å². The first kappa shape index (κ1) is 18.4. The van der Waals surface area contributed by atoms with Crippen LogP contribution in [0.5, 0.6) is 11.5 Å². The number of hydrogen-bond acceptors (Lipinski definition) is 6. The van der Waals surface area contributed by atoms with Crippen LogP contribution in [0.4, 0.5) is 5.95 Å². The van der Waals surface area contributed by atoms with Gasteiger partial charge >= 0.3 is 0 Å². The number of hydrogen-bond donors (Lipinski definition) is 1. The first-order chi connectivity index (χ1) is 13.0. The third-order valence-corrected chi connectivity index (χ3v) is 3.96. The highest BCUT2D eigenvalue weighted by Gasteiger charge is 2.23. The van der Waals surface area contributed by atoms with Gasteiger partial charge in [0.05, 0.1) is 24.9 Å². The van der Waals surface area contributed by atoms with E-state index in [2.05, 4.69) is 15.4 Å². The van der Waals surface area contributed by atoms with Crippen LogP contribution in [0, 0.1) is 5.21 Å². The summed E-state index contributed by atoms with van der Waals surface area (Å²) in [6.07, 6.45) is 0. The minimum Gasteiger partial charge on any atom is -0.594 e. The van der Waals surface area contributed by atoms with Crippen LogP contribution in [0.2, 0.25) is 0 Å². The van der Waals surface area contributed by atoms with Crippen molar-refractivity contribution >= 4 is 5.95 Å². The summed E-state index contributed by atoms with van der Waals surface area (Å²) in [6, 6.07) is 14.7. The van der Waals surface area contributed by atoms with Gasteiger partial charge in [-0.25, -0.2) is 4.98 Å². The summed E-state index contributed by atoms with van der Waals surface area (Å²) >= 11 is 0. The van der Waals surface area contributed by atoms with Gasteiger partial charge in [0, 0.05) is 11.6 Å². The molecule has 7 nitrogen and oxygen atoms in total.